The van der Waals surface area contributed by atoms with Gasteiger partial charge in [-0.25, -0.2) is 0 Å². The quantitative estimate of drug-likeness (QED) is 0.793. The van der Waals surface area contributed by atoms with Crippen molar-refractivity contribution in [2.24, 2.45) is 5.73 Å². The van der Waals surface area contributed by atoms with Crippen molar-refractivity contribution in [2.75, 3.05) is 5.32 Å². The summed E-state index contributed by atoms with van der Waals surface area (Å²) in [7, 11) is 0. The van der Waals surface area contributed by atoms with E-state index in [1.54, 1.807) is 0 Å². The van der Waals surface area contributed by atoms with Crippen molar-refractivity contribution >= 4 is 11.6 Å². The van der Waals surface area contributed by atoms with E-state index in [-0.39, 0.29) is 11.4 Å². The molecule has 0 fully saturated rings. The molecule has 82 valence electrons. The number of amides is 1. The van der Waals surface area contributed by atoms with Crippen molar-refractivity contribution in [3.05, 3.63) is 30.3 Å². The number of benzene rings is 1. The van der Waals surface area contributed by atoms with Gasteiger partial charge >= 0.3 is 0 Å². The van der Waals surface area contributed by atoms with Crippen LogP contribution >= 0.6 is 0 Å². The molecule has 0 aliphatic rings. The lowest BCUT2D eigenvalue weighted by Gasteiger charge is -2.17. The van der Waals surface area contributed by atoms with E-state index in [2.05, 4.69) is 5.32 Å². The smallest absolute Gasteiger partial charge is 0.224 e. The number of rotatable bonds is 4. The second-order valence-electron chi connectivity index (χ2n) is 4.40. The first-order valence-corrected chi connectivity index (χ1v) is 5.11. The van der Waals surface area contributed by atoms with E-state index < -0.39 is 0 Å². The first-order valence-electron chi connectivity index (χ1n) is 5.11. The maximum atomic E-state index is 11.5. The molecule has 0 spiro atoms. The zero-order valence-corrected chi connectivity index (χ0v) is 9.29. The Balaban J connectivity index is 2.38. The Morgan fingerprint density at radius 1 is 1.33 bits per heavy atom. The van der Waals surface area contributed by atoms with Crippen LogP contribution in [0.5, 0.6) is 0 Å². The van der Waals surface area contributed by atoms with Crippen LogP contribution in [0.3, 0.4) is 0 Å². The Labute approximate surface area is 90.7 Å². The summed E-state index contributed by atoms with van der Waals surface area (Å²) in [6.07, 6.45) is 1.14. The Bertz CT molecular complexity index is 314. The normalized spacial score (nSPS) is 11.1. The standard InChI is InChI=1S/C12H18N2O/c1-12(2,13)9-8-11(15)14-10-6-4-3-5-7-10/h3-7H,8-9,13H2,1-2H3,(H,14,15). The van der Waals surface area contributed by atoms with E-state index in [9.17, 15) is 4.79 Å². The number of carbonyl (C=O) groups is 1. The van der Waals surface area contributed by atoms with Crippen molar-refractivity contribution < 1.29 is 4.79 Å². The fourth-order valence-corrected chi connectivity index (χ4v) is 1.18. The molecule has 3 N–H and O–H groups in total. The van der Waals surface area contributed by atoms with E-state index in [0.29, 0.717) is 12.8 Å². The summed E-state index contributed by atoms with van der Waals surface area (Å²) in [5.41, 5.74) is 6.34. The second-order valence-corrected chi connectivity index (χ2v) is 4.40. The molecule has 1 rings (SSSR count). The summed E-state index contributed by atoms with van der Waals surface area (Å²) >= 11 is 0. The predicted octanol–water partition coefficient (Wildman–Crippen LogP) is 2.14. The third-order valence-electron chi connectivity index (χ3n) is 2.05. The van der Waals surface area contributed by atoms with Gasteiger partial charge in [0, 0.05) is 17.6 Å². The molecule has 0 aliphatic carbocycles. The molecule has 3 heteroatoms. The molecule has 1 amide bonds. The van der Waals surface area contributed by atoms with Gasteiger partial charge in [-0.1, -0.05) is 18.2 Å². The summed E-state index contributed by atoms with van der Waals surface area (Å²) in [6.45, 7) is 3.84. The number of hydrogen-bond donors (Lipinski definition) is 2. The molecule has 1 aromatic rings. The van der Waals surface area contributed by atoms with E-state index in [4.69, 9.17) is 5.73 Å². The summed E-state index contributed by atoms with van der Waals surface area (Å²) in [5.74, 6) is 0.0136. The molecule has 0 atom stereocenters. The SMILES string of the molecule is CC(C)(N)CCC(=O)Nc1ccccc1. The van der Waals surface area contributed by atoms with Gasteiger partial charge in [0.25, 0.3) is 0 Å². The highest BCUT2D eigenvalue weighted by Gasteiger charge is 2.12. The van der Waals surface area contributed by atoms with Gasteiger partial charge in [0.1, 0.15) is 0 Å². The monoisotopic (exact) mass is 206 g/mol. The maximum Gasteiger partial charge on any atom is 0.224 e. The number of nitrogens with two attached hydrogens (primary N) is 1. The minimum Gasteiger partial charge on any atom is -0.326 e. The lowest BCUT2D eigenvalue weighted by molar-refractivity contribution is -0.116. The fraction of sp³-hybridized carbons (Fsp3) is 0.417. The fourth-order valence-electron chi connectivity index (χ4n) is 1.18. The average molecular weight is 206 g/mol. The number of hydrogen-bond acceptors (Lipinski definition) is 2. The van der Waals surface area contributed by atoms with Gasteiger partial charge in [-0.2, -0.15) is 0 Å². The van der Waals surface area contributed by atoms with Gasteiger partial charge in [-0.15, -0.1) is 0 Å². The molecular weight excluding hydrogens is 188 g/mol. The molecule has 0 heterocycles. The third-order valence-corrected chi connectivity index (χ3v) is 2.05. The molecule has 0 saturated heterocycles. The highest BCUT2D eigenvalue weighted by Crippen LogP contribution is 2.10. The van der Waals surface area contributed by atoms with Gasteiger partial charge in [0.2, 0.25) is 5.91 Å². The van der Waals surface area contributed by atoms with Crippen LogP contribution in [0.1, 0.15) is 26.7 Å². The predicted molar refractivity (Wildman–Crippen MR) is 62.6 cm³/mol. The van der Waals surface area contributed by atoms with Crippen LogP contribution in [0.4, 0.5) is 5.69 Å². The van der Waals surface area contributed by atoms with Crippen molar-refractivity contribution in [3.8, 4) is 0 Å². The zero-order chi connectivity index (χ0) is 11.3. The number of carbonyl (C=O) groups excluding carboxylic acids is 1. The van der Waals surface area contributed by atoms with Crippen molar-refractivity contribution in [1.29, 1.82) is 0 Å². The van der Waals surface area contributed by atoms with Crippen LogP contribution in [-0.2, 0) is 4.79 Å². The summed E-state index contributed by atoms with van der Waals surface area (Å²) < 4.78 is 0. The lowest BCUT2D eigenvalue weighted by Crippen LogP contribution is -2.33. The van der Waals surface area contributed by atoms with Gasteiger partial charge in [0.15, 0.2) is 0 Å². The van der Waals surface area contributed by atoms with Crippen molar-refractivity contribution in [2.45, 2.75) is 32.2 Å². The minimum absolute atomic E-state index is 0.0136. The van der Waals surface area contributed by atoms with E-state index >= 15 is 0 Å². The molecule has 1 aromatic carbocycles. The minimum atomic E-state index is -0.284. The summed E-state index contributed by atoms with van der Waals surface area (Å²) in [5, 5.41) is 2.82. The van der Waals surface area contributed by atoms with Crippen LogP contribution in [0, 0.1) is 0 Å². The Kier molecular flexibility index (Phi) is 3.86. The molecule has 0 bridgehead atoms. The maximum absolute atomic E-state index is 11.5. The largest absolute Gasteiger partial charge is 0.326 e. The van der Waals surface area contributed by atoms with Gasteiger partial charge in [-0.3, -0.25) is 4.79 Å². The first kappa shape index (κ1) is 11.7. The third kappa shape index (κ3) is 5.18. The number of para-hydroxylation sites is 1. The van der Waals surface area contributed by atoms with E-state index in [1.807, 2.05) is 44.2 Å². The van der Waals surface area contributed by atoms with E-state index in [1.165, 1.54) is 0 Å². The Morgan fingerprint density at radius 3 is 2.47 bits per heavy atom. The summed E-state index contributed by atoms with van der Waals surface area (Å²) in [6, 6.07) is 9.43. The van der Waals surface area contributed by atoms with Gasteiger partial charge < -0.3 is 11.1 Å². The second kappa shape index (κ2) is 4.94. The van der Waals surface area contributed by atoms with Crippen molar-refractivity contribution in [1.82, 2.24) is 0 Å². The van der Waals surface area contributed by atoms with Crippen LogP contribution in [0.25, 0.3) is 0 Å². The van der Waals surface area contributed by atoms with Crippen molar-refractivity contribution in [3.63, 3.8) is 0 Å². The average Bonchev–Trinajstić information content (AvgIpc) is 2.15. The molecular formula is C12H18N2O. The Hall–Kier alpha value is -1.35. The Morgan fingerprint density at radius 2 is 1.93 bits per heavy atom. The van der Waals surface area contributed by atoms with Crippen LogP contribution in [0.2, 0.25) is 0 Å². The van der Waals surface area contributed by atoms with Crippen LogP contribution in [0.15, 0.2) is 30.3 Å². The van der Waals surface area contributed by atoms with Crippen LogP contribution in [-0.4, -0.2) is 11.4 Å². The molecule has 3 nitrogen and oxygen atoms in total. The highest BCUT2D eigenvalue weighted by molar-refractivity contribution is 5.90. The first-order chi connectivity index (χ1) is 6.97. The van der Waals surface area contributed by atoms with Gasteiger partial charge in [-0.05, 0) is 32.4 Å². The van der Waals surface area contributed by atoms with Gasteiger partial charge in [0.05, 0.1) is 0 Å². The summed E-state index contributed by atoms with van der Waals surface area (Å²) in [4.78, 5) is 11.5. The topological polar surface area (TPSA) is 55.1 Å². The molecule has 0 aromatic heterocycles. The number of nitrogens with one attached hydrogen (secondary N) is 1. The molecule has 0 aliphatic heterocycles. The molecule has 0 saturated carbocycles. The number of anilines is 1. The van der Waals surface area contributed by atoms with E-state index in [0.717, 1.165) is 5.69 Å². The zero-order valence-electron chi connectivity index (χ0n) is 9.29. The van der Waals surface area contributed by atoms with Crippen LogP contribution < -0.4 is 11.1 Å². The highest BCUT2D eigenvalue weighted by atomic mass is 16.1. The molecule has 0 radical (unpaired) electrons. The lowest BCUT2D eigenvalue weighted by atomic mass is 10.00. The molecule has 0 unspecified atom stereocenters. The molecule has 15 heavy (non-hydrogen) atoms.